The summed E-state index contributed by atoms with van der Waals surface area (Å²) in [6, 6.07) is 47.2. The van der Waals surface area contributed by atoms with E-state index in [2.05, 4.69) is 156 Å². The maximum atomic E-state index is 6.53. The quantitative estimate of drug-likeness (QED) is 0.172. The van der Waals surface area contributed by atoms with Crippen LogP contribution in [0.4, 0.5) is 0 Å². The van der Waals surface area contributed by atoms with Crippen molar-refractivity contribution in [1.29, 1.82) is 0 Å². The molecule has 1 atom stereocenters. The van der Waals surface area contributed by atoms with E-state index < -0.39 is 0 Å². The third kappa shape index (κ3) is 5.43. The minimum atomic E-state index is 0.0632. The highest BCUT2D eigenvalue weighted by Gasteiger charge is 2.25. The number of hydrogen-bond acceptors (Lipinski definition) is 4. The van der Waals surface area contributed by atoms with Crippen molar-refractivity contribution in [3.63, 3.8) is 0 Å². The van der Waals surface area contributed by atoms with Gasteiger partial charge in [-0.15, -0.1) is 0 Å². The number of nitrogens with zero attached hydrogens (tertiary/aromatic N) is 4. The molecule has 2 aliphatic carbocycles. The van der Waals surface area contributed by atoms with Crippen LogP contribution in [0, 0.1) is 0 Å². The second-order valence-electron chi connectivity index (χ2n) is 14.6. The van der Waals surface area contributed by atoms with Crippen LogP contribution in [0.25, 0.3) is 88.9 Å². The van der Waals surface area contributed by atoms with E-state index in [4.69, 9.17) is 19.4 Å². The molecule has 3 aromatic heterocycles. The molecule has 11 rings (SSSR count). The lowest BCUT2D eigenvalue weighted by Gasteiger charge is -2.22. The van der Waals surface area contributed by atoms with Gasteiger partial charge in [-0.25, -0.2) is 15.0 Å². The molecular weight excluding hydrogens is 685 g/mol. The van der Waals surface area contributed by atoms with Crippen LogP contribution in [0.1, 0.15) is 36.6 Å². The summed E-state index contributed by atoms with van der Waals surface area (Å²) in [6.45, 7) is 0. The highest BCUT2D eigenvalue weighted by molar-refractivity contribution is 6.18. The monoisotopic (exact) mass is 720 g/mol. The van der Waals surface area contributed by atoms with Gasteiger partial charge < -0.3 is 8.98 Å². The molecule has 2 aliphatic rings. The van der Waals surface area contributed by atoms with Crippen molar-refractivity contribution in [3.05, 3.63) is 187 Å². The van der Waals surface area contributed by atoms with Crippen molar-refractivity contribution in [3.8, 4) is 39.6 Å². The topological polar surface area (TPSA) is 56.7 Å². The zero-order valence-electron chi connectivity index (χ0n) is 30.6. The Morgan fingerprint density at radius 3 is 2.05 bits per heavy atom. The predicted molar refractivity (Wildman–Crippen MR) is 230 cm³/mol. The van der Waals surface area contributed by atoms with E-state index in [1.165, 1.54) is 16.3 Å². The molecule has 0 saturated carbocycles. The van der Waals surface area contributed by atoms with Crippen LogP contribution in [0.5, 0.6) is 0 Å². The van der Waals surface area contributed by atoms with E-state index in [-0.39, 0.29) is 5.92 Å². The molecule has 266 valence electrons. The molecular formula is C51H36N4O. The molecule has 5 heteroatoms. The predicted octanol–water partition coefficient (Wildman–Crippen LogP) is 13.2. The van der Waals surface area contributed by atoms with E-state index >= 15 is 0 Å². The first-order chi connectivity index (χ1) is 27.8. The first-order valence-corrected chi connectivity index (χ1v) is 19.4. The standard InChI is InChI=1S/C51H36N4O/c1-5-17-33(18-6-1)40-29-37(51-53-49(35-21-9-3-10-22-35)52-50(54-51)36-23-11-4-12-24-36)30-41(34-19-7-2-8-20-34)48(40)55-44-27-15-13-25-38(44)42-31-43-39-26-14-16-28-46(39)56-47(43)32-45(42)55/h1,3-7,9-23,25-32,36H,2,8,24H2. The summed E-state index contributed by atoms with van der Waals surface area (Å²) in [5, 5.41) is 4.63. The first kappa shape index (κ1) is 32.3. The van der Waals surface area contributed by atoms with Crippen LogP contribution in [0.15, 0.2) is 180 Å². The first-order valence-electron chi connectivity index (χ1n) is 19.4. The molecule has 0 amide bonds. The Morgan fingerprint density at radius 1 is 0.536 bits per heavy atom. The highest BCUT2D eigenvalue weighted by Crippen LogP contribution is 2.44. The number of fused-ring (bicyclic) bond motifs is 6. The van der Waals surface area contributed by atoms with Crippen molar-refractivity contribution in [2.24, 2.45) is 0 Å². The van der Waals surface area contributed by atoms with Gasteiger partial charge in [0.15, 0.2) is 11.6 Å². The average molecular weight is 721 g/mol. The van der Waals surface area contributed by atoms with Crippen LogP contribution in [0.3, 0.4) is 0 Å². The van der Waals surface area contributed by atoms with E-state index in [9.17, 15) is 0 Å². The zero-order valence-corrected chi connectivity index (χ0v) is 30.6. The number of allylic oxidation sites excluding steroid dienone is 8. The normalized spacial score (nSPS) is 15.4. The Kier molecular flexibility index (Phi) is 7.69. The number of furan rings is 1. The summed E-state index contributed by atoms with van der Waals surface area (Å²) in [7, 11) is 0. The molecule has 5 nitrogen and oxygen atoms in total. The maximum absolute atomic E-state index is 6.53. The maximum Gasteiger partial charge on any atom is 0.163 e. The summed E-state index contributed by atoms with van der Waals surface area (Å²) in [6.07, 6.45) is 18.3. The fourth-order valence-corrected chi connectivity index (χ4v) is 8.48. The van der Waals surface area contributed by atoms with Gasteiger partial charge in [-0.3, -0.25) is 0 Å². The second-order valence-corrected chi connectivity index (χ2v) is 14.6. The lowest BCUT2D eigenvalue weighted by atomic mass is 9.90. The van der Waals surface area contributed by atoms with Gasteiger partial charge >= 0.3 is 0 Å². The molecule has 9 aromatic rings. The smallest absolute Gasteiger partial charge is 0.163 e. The van der Waals surface area contributed by atoms with Crippen LogP contribution in [-0.4, -0.2) is 19.5 Å². The minimum Gasteiger partial charge on any atom is -0.456 e. The van der Waals surface area contributed by atoms with Crippen LogP contribution < -0.4 is 0 Å². The Hall–Kier alpha value is -7.11. The van der Waals surface area contributed by atoms with E-state index in [1.807, 2.05) is 24.3 Å². The van der Waals surface area contributed by atoms with Gasteiger partial charge in [-0.05, 0) is 60.7 Å². The molecule has 0 fully saturated rings. The number of aromatic nitrogens is 4. The summed E-state index contributed by atoms with van der Waals surface area (Å²) >= 11 is 0. The number of hydrogen-bond donors (Lipinski definition) is 0. The Bertz CT molecular complexity index is 3110. The summed E-state index contributed by atoms with van der Waals surface area (Å²) in [5.41, 5.74) is 11.5. The third-order valence-corrected chi connectivity index (χ3v) is 11.2. The summed E-state index contributed by atoms with van der Waals surface area (Å²) < 4.78 is 8.98. The largest absolute Gasteiger partial charge is 0.456 e. The van der Waals surface area contributed by atoms with Gasteiger partial charge in [0, 0.05) is 55.8 Å². The van der Waals surface area contributed by atoms with Crippen molar-refractivity contribution in [2.75, 3.05) is 0 Å². The Morgan fingerprint density at radius 2 is 1.27 bits per heavy atom. The average Bonchev–Trinajstić information content (AvgIpc) is 3.80. The van der Waals surface area contributed by atoms with Gasteiger partial charge in [0.2, 0.25) is 0 Å². The highest BCUT2D eigenvalue weighted by atomic mass is 16.3. The van der Waals surface area contributed by atoms with Crippen molar-refractivity contribution < 1.29 is 4.42 Å². The molecule has 0 aliphatic heterocycles. The molecule has 3 heterocycles. The zero-order chi connectivity index (χ0) is 37.0. The molecule has 0 N–H and O–H groups in total. The lowest BCUT2D eigenvalue weighted by Crippen LogP contribution is -2.09. The molecule has 0 radical (unpaired) electrons. The van der Waals surface area contributed by atoms with E-state index in [0.29, 0.717) is 11.6 Å². The van der Waals surface area contributed by atoms with Gasteiger partial charge in [-0.2, -0.15) is 0 Å². The van der Waals surface area contributed by atoms with Gasteiger partial charge in [0.25, 0.3) is 0 Å². The van der Waals surface area contributed by atoms with Crippen LogP contribution in [0.2, 0.25) is 0 Å². The van der Waals surface area contributed by atoms with Gasteiger partial charge in [0.1, 0.15) is 17.0 Å². The van der Waals surface area contributed by atoms with Crippen molar-refractivity contribution >= 4 is 49.3 Å². The van der Waals surface area contributed by atoms with E-state index in [0.717, 1.165) is 91.6 Å². The molecule has 56 heavy (non-hydrogen) atoms. The third-order valence-electron chi connectivity index (χ3n) is 11.2. The molecule has 0 saturated heterocycles. The fourth-order valence-electron chi connectivity index (χ4n) is 8.48. The van der Waals surface area contributed by atoms with Gasteiger partial charge in [0.05, 0.1) is 16.7 Å². The summed E-state index contributed by atoms with van der Waals surface area (Å²) in [4.78, 5) is 15.5. The number of rotatable bonds is 6. The van der Waals surface area contributed by atoms with Crippen LogP contribution in [-0.2, 0) is 0 Å². The Labute approximate surface area is 324 Å². The fraction of sp³-hybridized carbons (Fsp3) is 0.0784. The molecule has 6 aromatic carbocycles. The Balaban J connectivity index is 1.24. The van der Waals surface area contributed by atoms with Crippen LogP contribution >= 0.6 is 0 Å². The van der Waals surface area contributed by atoms with Crippen molar-refractivity contribution in [1.82, 2.24) is 19.5 Å². The molecule has 1 unspecified atom stereocenters. The molecule has 0 spiro atoms. The van der Waals surface area contributed by atoms with E-state index in [1.54, 1.807) is 0 Å². The number of benzene rings is 6. The lowest BCUT2D eigenvalue weighted by molar-refractivity contribution is 0.669. The SMILES string of the molecule is C1=CCC(c2nc(-c3ccccc3)nc(-c3cc(C4=CCCC=C4)c(-n4c5ccccc5c5cc6c(cc54)oc4ccccc46)c(-c4ccccc4)c3)n2)C=C1. The van der Waals surface area contributed by atoms with Crippen molar-refractivity contribution in [2.45, 2.75) is 25.2 Å². The number of para-hydroxylation sites is 2. The minimum absolute atomic E-state index is 0.0632. The summed E-state index contributed by atoms with van der Waals surface area (Å²) in [5.74, 6) is 2.17. The second kappa shape index (κ2) is 13.3. The molecule has 0 bridgehead atoms. The van der Waals surface area contributed by atoms with Gasteiger partial charge in [-0.1, -0.05) is 140 Å².